The predicted molar refractivity (Wildman–Crippen MR) is 56.9 cm³/mol. The average Bonchev–Trinajstić information content (AvgIpc) is 2.18. The van der Waals surface area contributed by atoms with Gasteiger partial charge in [-0.05, 0) is 25.8 Å². The Morgan fingerprint density at radius 3 is 2.41 bits per heavy atom. The molecule has 0 atom stereocenters. The molecule has 1 heterocycles. The van der Waals surface area contributed by atoms with E-state index in [-0.39, 0.29) is 24.6 Å². The minimum absolute atomic E-state index is 0.0618. The van der Waals surface area contributed by atoms with Crippen molar-refractivity contribution in [1.82, 2.24) is 4.57 Å². The van der Waals surface area contributed by atoms with Crippen LogP contribution in [0.1, 0.15) is 31.0 Å². The van der Waals surface area contributed by atoms with Crippen LogP contribution in [-0.2, 0) is 12.6 Å². The summed E-state index contributed by atoms with van der Waals surface area (Å²) in [6.07, 6.45) is -3.52. The Labute approximate surface area is 96.5 Å². The van der Waals surface area contributed by atoms with Crippen molar-refractivity contribution in [1.29, 1.82) is 0 Å². The smallest absolute Gasteiger partial charge is 0.396 e. The van der Waals surface area contributed by atoms with Crippen molar-refractivity contribution in [3.63, 3.8) is 0 Å². The number of rotatable bonds is 3. The summed E-state index contributed by atoms with van der Waals surface area (Å²) in [6.45, 7) is 3.02. The summed E-state index contributed by atoms with van der Waals surface area (Å²) in [5.74, 6) is 0. The normalized spacial score (nSPS) is 12.2. The number of hydrogen-bond acceptors (Lipinski definition) is 2. The third-order valence-electron chi connectivity index (χ3n) is 2.41. The second-order valence-corrected chi connectivity index (χ2v) is 4.02. The number of nitrogens with zero attached hydrogens (tertiary/aromatic N) is 1. The fourth-order valence-electron chi connectivity index (χ4n) is 1.58. The Morgan fingerprint density at radius 1 is 1.41 bits per heavy atom. The summed E-state index contributed by atoms with van der Waals surface area (Å²) in [7, 11) is 0. The van der Waals surface area contributed by atoms with Crippen molar-refractivity contribution < 1.29 is 18.3 Å². The molecule has 0 unspecified atom stereocenters. The van der Waals surface area contributed by atoms with Crippen LogP contribution in [0.4, 0.5) is 13.2 Å². The molecule has 0 saturated carbocycles. The van der Waals surface area contributed by atoms with Crippen molar-refractivity contribution in [2.75, 3.05) is 6.61 Å². The lowest BCUT2D eigenvalue weighted by molar-refractivity contribution is -0.138. The first-order chi connectivity index (χ1) is 7.77. The standard InChI is InChI=1S/C11H14F3NO2/c1-7(2)15-6-8(3-4-16)9(5-10(15)17)11(12,13)14/h5-7,16H,3-4H2,1-2H3. The highest BCUT2D eigenvalue weighted by molar-refractivity contribution is 5.27. The zero-order valence-corrected chi connectivity index (χ0v) is 9.58. The van der Waals surface area contributed by atoms with E-state index in [0.717, 1.165) is 0 Å². The molecular formula is C11H14F3NO2. The van der Waals surface area contributed by atoms with Crippen LogP contribution in [0, 0.1) is 0 Å². The zero-order chi connectivity index (χ0) is 13.2. The second kappa shape index (κ2) is 4.91. The molecule has 0 spiro atoms. The molecule has 0 saturated heterocycles. The lowest BCUT2D eigenvalue weighted by atomic mass is 10.1. The molecule has 1 aromatic heterocycles. The van der Waals surface area contributed by atoms with Gasteiger partial charge in [0, 0.05) is 24.9 Å². The van der Waals surface area contributed by atoms with Crippen molar-refractivity contribution >= 4 is 0 Å². The third kappa shape index (κ3) is 3.09. The summed E-state index contributed by atoms with van der Waals surface area (Å²) in [6, 6.07) is 0.368. The molecule has 6 heteroatoms. The van der Waals surface area contributed by atoms with Crippen molar-refractivity contribution in [2.24, 2.45) is 0 Å². The van der Waals surface area contributed by atoms with E-state index in [1.54, 1.807) is 13.8 Å². The Morgan fingerprint density at radius 2 is 2.00 bits per heavy atom. The summed E-state index contributed by atoms with van der Waals surface area (Å²) in [5, 5.41) is 8.75. The van der Waals surface area contributed by atoms with Gasteiger partial charge in [-0.1, -0.05) is 0 Å². The molecule has 0 aromatic carbocycles. The molecule has 17 heavy (non-hydrogen) atoms. The Balaban J connectivity index is 3.41. The molecule has 0 amide bonds. The van der Waals surface area contributed by atoms with E-state index in [4.69, 9.17) is 5.11 Å². The minimum Gasteiger partial charge on any atom is -0.396 e. The molecule has 1 N–H and O–H groups in total. The van der Waals surface area contributed by atoms with Gasteiger partial charge in [0.15, 0.2) is 0 Å². The van der Waals surface area contributed by atoms with Crippen molar-refractivity contribution in [3.8, 4) is 0 Å². The maximum absolute atomic E-state index is 12.7. The lowest BCUT2D eigenvalue weighted by Gasteiger charge is -2.16. The van der Waals surface area contributed by atoms with Gasteiger partial charge in [0.1, 0.15) is 0 Å². The largest absolute Gasteiger partial charge is 0.416 e. The molecule has 96 valence electrons. The molecule has 0 aliphatic heterocycles. The quantitative estimate of drug-likeness (QED) is 0.890. The first-order valence-corrected chi connectivity index (χ1v) is 5.20. The van der Waals surface area contributed by atoms with Gasteiger partial charge in [0.25, 0.3) is 5.56 Å². The van der Waals surface area contributed by atoms with Crippen LogP contribution in [0.5, 0.6) is 0 Å². The van der Waals surface area contributed by atoms with Crippen molar-refractivity contribution in [3.05, 3.63) is 33.7 Å². The molecule has 0 radical (unpaired) electrons. The number of hydrogen-bond donors (Lipinski definition) is 1. The van der Waals surface area contributed by atoms with Crippen LogP contribution < -0.4 is 5.56 Å². The maximum Gasteiger partial charge on any atom is 0.416 e. The fourth-order valence-corrected chi connectivity index (χ4v) is 1.58. The first-order valence-electron chi connectivity index (χ1n) is 5.20. The van der Waals surface area contributed by atoms with E-state index in [1.807, 2.05) is 0 Å². The number of aromatic nitrogens is 1. The molecule has 0 fully saturated rings. The number of alkyl halides is 3. The van der Waals surface area contributed by atoms with E-state index < -0.39 is 17.3 Å². The topological polar surface area (TPSA) is 42.2 Å². The average molecular weight is 249 g/mol. The van der Waals surface area contributed by atoms with Gasteiger partial charge in [0.2, 0.25) is 0 Å². The van der Waals surface area contributed by atoms with Gasteiger partial charge in [-0.2, -0.15) is 13.2 Å². The fraction of sp³-hybridized carbons (Fsp3) is 0.545. The van der Waals surface area contributed by atoms with Crippen LogP contribution in [0.3, 0.4) is 0 Å². The monoisotopic (exact) mass is 249 g/mol. The van der Waals surface area contributed by atoms with Gasteiger partial charge in [0.05, 0.1) is 5.56 Å². The Bertz CT molecular complexity index is 449. The van der Waals surface area contributed by atoms with E-state index in [2.05, 4.69) is 0 Å². The Hall–Kier alpha value is -1.30. The van der Waals surface area contributed by atoms with Gasteiger partial charge in [-0.3, -0.25) is 4.79 Å². The zero-order valence-electron chi connectivity index (χ0n) is 9.58. The number of aliphatic hydroxyl groups is 1. The van der Waals surface area contributed by atoms with Crippen LogP contribution in [-0.4, -0.2) is 16.3 Å². The van der Waals surface area contributed by atoms with Crippen LogP contribution in [0.2, 0.25) is 0 Å². The highest BCUT2D eigenvalue weighted by Gasteiger charge is 2.34. The molecule has 1 rings (SSSR count). The van der Waals surface area contributed by atoms with Crippen LogP contribution in [0.25, 0.3) is 0 Å². The highest BCUT2D eigenvalue weighted by Crippen LogP contribution is 2.31. The summed E-state index contributed by atoms with van der Waals surface area (Å²) in [4.78, 5) is 11.5. The lowest BCUT2D eigenvalue weighted by Crippen LogP contribution is -2.25. The molecule has 0 aliphatic carbocycles. The number of halogens is 3. The molecular weight excluding hydrogens is 235 g/mol. The third-order valence-corrected chi connectivity index (χ3v) is 2.41. The molecule has 1 aromatic rings. The van der Waals surface area contributed by atoms with Crippen LogP contribution in [0.15, 0.2) is 17.1 Å². The van der Waals surface area contributed by atoms with Gasteiger partial charge < -0.3 is 9.67 Å². The minimum atomic E-state index is -4.57. The second-order valence-electron chi connectivity index (χ2n) is 4.02. The van der Waals surface area contributed by atoms with Gasteiger partial charge >= 0.3 is 6.18 Å². The van der Waals surface area contributed by atoms with E-state index >= 15 is 0 Å². The van der Waals surface area contributed by atoms with E-state index in [0.29, 0.717) is 6.07 Å². The SMILES string of the molecule is CC(C)n1cc(CCO)c(C(F)(F)F)cc1=O. The maximum atomic E-state index is 12.7. The van der Waals surface area contributed by atoms with Crippen molar-refractivity contribution in [2.45, 2.75) is 32.5 Å². The highest BCUT2D eigenvalue weighted by atomic mass is 19.4. The van der Waals surface area contributed by atoms with E-state index in [9.17, 15) is 18.0 Å². The number of aliphatic hydroxyl groups excluding tert-OH is 1. The van der Waals surface area contributed by atoms with E-state index in [1.165, 1.54) is 10.8 Å². The summed E-state index contributed by atoms with van der Waals surface area (Å²) >= 11 is 0. The summed E-state index contributed by atoms with van der Waals surface area (Å²) in [5.41, 5.74) is -1.71. The number of pyridine rings is 1. The van der Waals surface area contributed by atoms with Gasteiger partial charge in [-0.15, -0.1) is 0 Å². The summed E-state index contributed by atoms with van der Waals surface area (Å²) < 4.78 is 39.2. The first kappa shape index (κ1) is 13.8. The molecule has 3 nitrogen and oxygen atoms in total. The van der Waals surface area contributed by atoms with Crippen LogP contribution >= 0.6 is 0 Å². The predicted octanol–water partition coefficient (Wildman–Crippen LogP) is 1.98. The molecule has 0 bridgehead atoms. The molecule has 0 aliphatic rings. The van der Waals surface area contributed by atoms with Gasteiger partial charge in [-0.25, -0.2) is 0 Å². The Kier molecular flexibility index (Phi) is 3.98.